The number of carbonyl (C=O) groups is 2. The average molecular weight is 730 g/mol. The zero-order valence-corrected chi connectivity index (χ0v) is 33.7. The first-order valence-electron chi connectivity index (χ1n) is 20.9. The Balaban J connectivity index is 4.25. The van der Waals surface area contributed by atoms with Crippen LogP contribution in [-0.4, -0.2) is 37.9 Å². The van der Waals surface area contributed by atoms with Crippen molar-refractivity contribution in [1.29, 1.82) is 0 Å². The van der Waals surface area contributed by atoms with Gasteiger partial charge < -0.3 is 23.4 Å². The molecular formula is C41H78O8P-. The van der Waals surface area contributed by atoms with Crippen molar-refractivity contribution < 1.29 is 37.6 Å². The molecule has 2 atom stereocenters. The van der Waals surface area contributed by atoms with Crippen molar-refractivity contribution in [3.8, 4) is 0 Å². The quantitative estimate of drug-likeness (QED) is 0.0266. The van der Waals surface area contributed by atoms with Gasteiger partial charge in [-0.2, -0.15) is 0 Å². The molecule has 0 radical (unpaired) electrons. The van der Waals surface area contributed by atoms with Crippen LogP contribution < -0.4 is 4.89 Å². The van der Waals surface area contributed by atoms with E-state index < -0.39 is 26.5 Å². The standard InChI is InChI=1S/C41H79O8P/c1-4-7-10-12-14-16-18-20-21-23-25-27-29-31-33-35-41(43)49-39(38-48-50(44,45)47-36-9-6-3)37-46-40(42)34-32-30-28-26-24-22-19-17-15-13-11-8-5-2/h20-21,39H,4-19,22-38H2,1-3H3,(H,44,45)/p-1/b21-20-/t39-/m1/s1. The van der Waals surface area contributed by atoms with Crippen LogP contribution in [0.1, 0.15) is 213 Å². The lowest BCUT2D eigenvalue weighted by Gasteiger charge is -2.25. The molecule has 9 heteroatoms. The van der Waals surface area contributed by atoms with Crippen LogP contribution in [0, 0.1) is 0 Å². The van der Waals surface area contributed by atoms with Gasteiger partial charge in [-0.25, -0.2) is 0 Å². The Labute approximate surface area is 308 Å². The minimum atomic E-state index is -4.55. The van der Waals surface area contributed by atoms with E-state index >= 15 is 0 Å². The van der Waals surface area contributed by atoms with Crippen LogP contribution >= 0.6 is 7.82 Å². The molecule has 0 rings (SSSR count). The van der Waals surface area contributed by atoms with Crippen molar-refractivity contribution >= 4 is 19.8 Å². The van der Waals surface area contributed by atoms with E-state index in [2.05, 4.69) is 26.0 Å². The molecule has 0 aromatic heterocycles. The Morgan fingerprint density at radius 3 is 1.38 bits per heavy atom. The van der Waals surface area contributed by atoms with Gasteiger partial charge in [0, 0.05) is 12.8 Å². The Morgan fingerprint density at radius 1 is 0.520 bits per heavy atom. The molecule has 50 heavy (non-hydrogen) atoms. The van der Waals surface area contributed by atoms with Gasteiger partial charge >= 0.3 is 11.9 Å². The second-order valence-electron chi connectivity index (χ2n) is 14.1. The molecule has 0 aliphatic carbocycles. The third kappa shape index (κ3) is 36.6. The highest BCUT2D eigenvalue weighted by atomic mass is 31.2. The maximum Gasteiger partial charge on any atom is 0.306 e. The highest BCUT2D eigenvalue weighted by Gasteiger charge is 2.21. The van der Waals surface area contributed by atoms with Crippen LogP contribution in [0.5, 0.6) is 0 Å². The van der Waals surface area contributed by atoms with Crippen LogP contribution in [0.2, 0.25) is 0 Å². The number of hydrogen-bond acceptors (Lipinski definition) is 8. The third-order valence-corrected chi connectivity index (χ3v) is 9.99. The van der Waals surface area contributed by atoms with Gasteiger partial charge in [0.1, 0.15) is 6.61 Å². The molecule has 0 spiro atoms. The summed E-state index contributed by atoms with van der Waals surface area (Å²) in [6.07, 6.45) is 36.6. The van der Waals surface area contributed by atoms with Crippen molar-refractivity contribution in [1.82, 2.24) is 0 Å². The summed E-state index contributed by atoms with van der Waals surface area (Å²) < 4.78 is 32.9. The molecule has 0 saturated carbocycles. The van der Waals surface area contributed by atoms with E-state index in [0.717, 1.165) is 57.8 Å². The number of carbonyl (C=O) groups excluding carboxylic acids is 2. The Bertz CT molecular complexity index is 833. The third-order valence-electron chi connectivity index (χ3n) is 9.02. The molecule has 0 aromatic rings. The molecule has 0 heterocycles. The SMILES string of the molecule is CCCCCCCC/C=C\CCCCCCCC(=O)O[C@H](COC(=O)CCCCCCCCCCCCCCC)COP(=O)([O-])OCCCC. The van der Waals surface area contributed by atoms with Gasteiger partial charge in [-0.3, -0.25) is 14.2 Å². The molecule has 0 amide bonds. The smallest absolute Gasteiger partial charge is 0.306 e. The zero-order valence-electron chi connectivity index (χ0n) is 32.8. The van der Waals surface area contributed by atoms with Gasteiger partial charge in [0.15, 0.2) is 6.10 Å². The fraction of sp³-hybridized carbons (Fsp3) is 0.902. The largest absolute Gasteiger partial charge is 0.756 e. The number of esters is 2. The van der Waals surface area contributed by atoms with Gasteiger partial charge in [-0.1, -0.05) is 168 Å². The summed E-state index contributed by atoms with van der Waals surface area (Å²) in [6, 6.07) is 0. The molecule has 0 N–H and O–H groups in total. The Hall–Kier alpha value is -1.21. The number of rotatable bonds is 39. The van der Waals surface area contributed by atoms with E-state index in [0.29, 0.717) is 12.8 Å². The summed E-state index contributed by atoms with van der Waals surface area (Å²) in [5.74, 6) is -0.827. The fourth-order valence-electron chi connectivity index (χ4n) is 5.78. The molecule has 0 aromatic carbocycles. The van der Waals surface area contributed by atoms with E-state index in [4.69, 9.17) is 18.5 Å². The van der Waals surface area contributed by atoms with E-state index in [1.807, 2.05) is 6.92 Å². The van der Waals surface area contributed by atoms with Crippen molar-refractivity contribution in [2.24, 2.45) is 0 Å². The second-order valence-corrected chi connectivity index (χ2v) is 15.5. The van der Waals surface area contributed by atoms with E-state index in [1.54, 1.807) is 0 Å². The first-order chi connectivity index (χ1) is 24.3. The summed E-state index contributed by atoms with van der Waals surface area (Å²) in [7, 11) is -4.55. The Morgan fingerprint density at radius 2 is 0.920 bits per heavy atom. The molecule has 1 unspecified atom stereocenters. The summed E-state index contributed by atoms with van der Waals surface area (Å²) in [6.45, 7) is 5.77. The summed E-state index contributed by atoms with van der Waals surface area (Å²) in [5.41, 5.74) is 0. The molecule has 296 valence electrons. The molecule has 8 nitrogen and oxygen atoms in total. The van der Waals surface area contributed by atoms with Crippen molar-refractivity contribution in [2.45, 2.75) is 219 Å². The first-order valence-corrected chi connectivity index (χ1v) is 22.4. The fourth-order valence-corrected chi connectivity index (χ4v) is 6.55. The molecule has 0 aliphatic heterocycles. The molecule has 0 saturated heterocycles. The van der Waals surface area contributed by atoms with Crippen molar-refractivity contribution in [3.05, 3.63) is 12.2 Å². The first kappa shape index (κ1) is 48.8. The zero-order chi connectivity index (χ0) is 36.8. The highest BCUT2D eigenvalue weighted by Crippen LogP contribution is 2.38. The number of ether oxygens (including phenoxy) is 2. The number of phosphoric acid groups is 1. The highest BCUT2D eigenvalue weighted by molar-refractivity contribution is 7.45. The summed E-state index contributed by atoms with van der Waals surface area (Å²) in [5, 5.41) is 0. The minimum absolute atomic E-state index is 0.0331. The maximum atomic E-state index is 12.6. The normalized spacial score (nSPS) is 13.4. The van der Waals surface area contributed by atoms with Crippen LogP contribution in [0.15, 0.2) is 12.2 Å². The van der Waals surface area contributed by atoms with Gasteiger partial charge in [-0.05, 0) is 44.9 Å². The number of allylic oxidation sites excluding steroid dienone is 2. The van der Waals surface area contributed by atoms with Crippen molar-refractivity contribution in [2.75, 3.05) is 19.8 Å². The van der Waals surface area contributed by atoms with E-state index in [-0.39, 0.29) is 32.0 Å². The van der Waals surface area contributed by atoms with E-state index in [9.17, 15) is 19.0 Å². The van der Waals surface area contributed by atoms with Crippen LogP contribution in [-0.2, 0) is 32.7 Å². The Kier molecular flexibility index (Phi) is 36.6. The van der Waals surface area contributed by atoms with Crippen LogP contribution in [0.3, 0.4) is 0 Å². The van der Waals surface area contributed by atoms with Crippen LogP contribution in [0.25, 0.3) is 0 Å². The monoisotopic (exact) mass is 730 g/mol. The second kappa shape index (κ2) is 37.5. The number of unbranched alkanes of at least 4 members (excludes halogenated alkanes) is 24. The lowest BCUT2D eigenvalue weighted by Crippen LogP contribution is -2.30. The van der Waals surface area contributed by atoms with Gasteiger partial charge in [-0.15, -0.1) is 0 Å². The number of hydrogen-bond donors (Lipinski definition) is 0. The predicted molar refractivity (Wildman–Crippen MR) is 205 cm³/mol. The molecular weight excluding hydrogens is 651 g/mol. The van der Waals surface area contributed by atoms with Gasteiger partial charge in [0.25, 0.3) is 7.82 Å². The minimum Gasteiger partial charge on any atom is -0.756 e. The molecule has 0 aliphatic rings. The summed E-state index contributed by atoms with van der Waals surface area (Å²) >= 11 is 0. The molecule has 0 bridgehead atoms. The van der Waals surface area contributed by atoms with Gasteiger partial charge in [0.2, 0.25) is 0 Å². The van der Waals surface area contributed by atoms with Gasteiger partial charge in [0.05, 0.1) is 13.2 Å². The predicted octanol–water partition coefficient (Wildman–Crippen LogP) is 12.3. The lowest BCUT2D eigenvalue weighted by molar-refractivity contribution is -0.228. The maximum absolute atomic E-state index is 12.6. The average Bonchev–Trinajstić information content (AvgIpc) is 3.09. The lowest BCUT2D eigenvalue weighted by atomic mass is 10.0. The summed E-state index contributed by atoms with van der Waals surface area (Å²) in [4.78, 5) is 37.1. The van der Waals surface area contributed by atoms with E-state index in [1.165, 1.54) is 109 Å². The van der Waals surface area contributed by atoms with Crippen LogP contribution in [0.4, 0.5) is 0 Å². The number of phosphoric ester groups is 1. The van der Waals surface area contributed by atoms with Crippen molar-refractivity contribution in [3.63, 3.8) is 0 Å². The molecule has 0 fully saturated rings. The topological polar surface area (TPSA) is 111 Å².